The average Bonchev–Trinajstić information content (AvgIpc) is 2.67. The third kappa shape index (κ3) is 8.06. The van der Waals surface area contributed by atoms with E-state index in [1.165, 1.54) is 0 Å². The van der Waals surface area contributed by atoms with Gasteiger partial charge in [-0.15, -0.1) is 0 Å². The van der Waals surface area contributed by atoms with Crippen LogP contribution < -0.4 is 10.6 Å². The van der Waals surface area contributed by atoms with Gasteiger partial charge in [0.2, 0.25) is 5.91 Å². The Labute approximate surface area is 171 Å². The van der Waals surface area contributed by atoms with E-state index in [9.17, 15) is 9.59 Å². The van der Waals surface area contributed by atoms with Gasteiger partial charge in [0.05, 0.1) is 11.6 Å². The second-order valence-corrected chi connectivity index (χ2v) is 7.74. The van der Waals surface area contributed by atoms with E-state index in [-0.39, 0.29) is 5.91 Å². The molecule has 0 radical (unpaired) electrons. The minimum atomic E-state index is -0.752. The molecule has 6 heteroatoms. The van der Waals surface area contributed by atoms with Crippen LogP contribution in [0, 0.1) is 11.3 Å². The van der Waals surface area contributed by atoms with Crippen LogP contribution in [0.2, 0.25) is 0 Å². The normalized spacial score (nSPS) is 11.8. The SMILES string of the molecule is CC(C)(C)OC(=O)N[C@@H](Cc1ccccc1)C(=O)NCCc1cccc(C#N)c1. The van der Waals surface area contributed by atoms with Crippen LogP contribution in [0.15, 0.2) is 54.6 Å². The number of alkyl carbamates (subject to hydrolysis) is 1. The Morgan fingerprint density at radius 3 is 2.41 bits per heavy atom. The molecular weight excluding hydrogens is 366 g/mol. The average molecular weight is 393 g/mol. The van der Waals surface area contributed by atoms with E-state index in [0.29, 0.717) is 24.9 Å². The third-order valence-corrected chi connectivity index (χ3v) is 4.06. The van der Waals surface area contributed by atoms with Crippen LogP contribution in [0.25, 0.3) is 0 Å². The Morgan fingerprint density at radius 2 is 1.76 bits per heavy atom. The fraction of sp³-hybridized carbons (Fsp3) is 0.348. The zero-order valence-corrected chi connectivity index (χ0v) is 17.1. The van der Waals surface area contributed by atoms with Gasteiger partial charge in [0.1, 0.15) is 11.6 Å². The maximum absolute atomic E-state index is 12.7. The lowest BCUT2D eigenvalue weighted by Gasteiger charge is -2.23. The van der Waals surface area contributed by atoms with Crippen molar-refractivity contribution < 1.29 is 14.3 Å². The summed E-state index contributed by atoms with van der Waals surface area (Å²) in [6.45, 7) is 5.71. The van der Waals surface area contributed by atoms with Crippen molar-refractivity contribution in [3.63, 3.8) is 0 Å². The number of ether oxygens (including phenoxy) is 1. The van der Waals surface area contributed by atoms with E-state index >= 15 is 0 Å². The molecular formula is C23H27N3O3. The van der Waals surface area contributed by atoms with Crippen LogP contribution in [-0.2, 0) is 22.4 Å². The number of nitrogens with zero attached hydrogens (tertiary/aromatic N) is 1. The number of carbonyl (C=O) groups is 2. The van der Waals surface area contributed by atoms with Crippen LogP contribution in [0.5, 0.6) is 0 Å². The summed E-state index contributed by atoms with van der Waals surface area (Å²) < 4.78 is 5.29. The summed E-state index contributed by atoms with van der Waals surface area (Å²) >= 11 is 0. The summed E-state index contributed by atoms with van der Waals surface area (Å²) in [6, 6.07) is 18.1. The lowest BCUT2D eigenvalue weighted by atomic mass is 10.0. The van der Waals surface area contributed by atoms with Crippen molar-refractivity contribution in [2.75, 3.05) is 6.54 Å². The van der Waals surface area contributed by atoms with Crippen molar-refractivity contribution in [1.29, 1.82) is 5.26 Å². The molecule has 2 aromatic rings. The summed E-state index contributed by atoms with van der Waals surface area (Å²) in [6.07, 6.45) is 0.317. The predicted molar refractivity (Wildman–Crippen MR) is 111 cm³/mol. The molecule has 0 fully saturated rings. The van der Waals surface area contributed by atoms with E-state index < -0.39 is 17.7 Å². The lowest BCUT2D eigenvalue weighted by molar-refractivity contribution is -0.123. The Bertz CT molecular complexity index is 867. The van der Waals surface area contributed by atoms with Crippen LogP contribution >= 0.6 is 0 Å². The van der Waals surface area contributed by atoms with Crippen molar-refractivity contribution in [2.24, 2.45) is 0 Å². The van der Waals surface area contributed by atoms with Gasteiger partial charge in [-0.3, -0.25) is 4.79 Å². The van der Waals surface area contributed by atoms with Crippen molar-refractivity contribution in [3.05, 3.63) is 71.3 Å². The van der Waals surface area contributed by atoms with E-state index in [0.717, 1.165) is 11.1 Å². The second-order valence-electron chi connectivity index (χ2n) is 7.74. The maximum Gasteiger partial charge on any atom is 0.408 e. The van der Waals surface area contributed by atoms with Gasteiger partial charge in [-0.25, -0.2) is 4.79 Å². The number of carbonyl (C=O) groups excluding carboxylic acids is 2. The number of nitrogens with one attached hydrogen (secondary N) is 2. The van der Waals surface area contributed by atoms with Gasteiger partial charge < -0.3 is 15.4 Å². The number of hydrogen-bond donors (Lipinski definition) is 2. The topological polar surface area (TPSA) is 91.2 Å². The monoisotopic (exact) mass is 393 g/mol. The molecule has 2 aromatic carbocycles. The highest BCUT2D eigenvalue weighted by Crippen LogP contribution is 2.09. The number of rotatable bonds is 7. The second kappa shape index (κ2) is 10.3. The zero-order chi connectivity index (χ0) is 21.3. The Kier molecular flexibility index (Phi) is 7.79. The van der Waals surface area contributed by atoms with Gasteiger partial charge in [0.25, 0.3) is 0 Å². The van der Waals surface area contributed by atoms with Crippen LogP contribution in [0.3, 0.4) is 0 Å². The molecule has 0 saturated carbocycles. The first-order valence-corrected chi connectivity index (χ1v) is 9.57. The van der Waals surface area contributed by atoms with E-state index in [2.05, 4.69) is 16.7 Å². The highest BCUT2D eigenvalue weighted by atomic mass is 16.6. The molecule has 0 aliphatic heterocycles. The first-order valence-electron chi connectivity index (χ1n) is 9.57. The van der Waals surface area contributed by atoms with E-state index in [1.54, 1.807) is 32.9 Å². The molecule has 0 aliphatic rings. The highest BCUT2D eigenvalue weighted by molar-refractivity contribution is 5.86. The minimum absolute atomic E-state index is 0.281. The molecule has 1 atom stereocenters. The summed E-state index contributed by atoms with van der Waals surface area (Å²) in [4.78, 5) is 24.9. The molecule has 0 heterocycles. The van der Waals surface area contributed by atoms with Crippen molar-refractivity contribution in [2.45, 2.75) is 45.3 Å². The first-order chi connectivity index (χ1) is 13.8. The predicted octanol–water partition coefficient (Wildman–Crippen LogP) is 3.35. The first kappa shape index (κ1) is 22.0. The summed E-state index contributed by atoms with van der Waals surface area (Å²) in [7, 11) is 0. The fourth-order valence-corrected chi connectivity index (χ4v) is 2.76. The quantitative estimate of drug-likeness (QED) is 0.755. The number of hydrogen-bond acceptors (Lipinski definition) is 4. The Morgan fingerprint density at radius 1 is 1.07 bits per heavy atom. The van der Waals surface area contributed by atoms with Crippen molar-refractivity contribution >= 4 is 12.0 Å². The maximum atomic E-state index is 12.7. The van der Waals surface area contributed by atoms with Gasteiger partial charge in [0.15, 0.2) is 0 Å². The number of nitriles is 1. The van der Waals surface area contributed by atoms with Gasteiger partial charge in [-0.2, -0.15) is 5.26 Å². The molecule has 0 bridgehead atoms. The number of amides is 2. The standard InChI is InChI=1S/C23H27N3O3/c1-23(2,3)29-22(28)26-20(15-17-8-5-4-6-9-17)21(27)25-13-12-18-10-7-11-19(14-18)16-24/h4-11,14,20H,12-13,15H2,1-3H3,(H,25,27)(H,26,28)/t20-/m0/s1. The molecule has 29 heavy (non-hydrogen) atoms. The minimum Gasteiger partial charge on any atom is -0.444 e. The molecule has 6 nitrogen and oxygen atoms in total. The molecule has 0 aromatic heterocycles. The summed E-state index contributed by atoms with van der Waals surface area (Å²) in [5.74, 6) is -0.281. The van der Waals surface area contributed by atoms with Crippen LogP contribution in [-0.4, -0.2) is 30.2 Å². The largest absolute Gasteiger partial charge is 0.444 e. The smallest absolute Gasteiger partial charge is 0.408 e. The molecule has 2 rings (SSSR count). The Hall–Kier alpha value is -3.33. The van der Waals surface area contributed by atoms with Gasteiger partial charge in [-0.05, 0) is 50.5 Å². The highest BCUT2D eigenvalue weighted by Gasteiger charge is 2.24. The van der Waals surface area contributed by atoms with Gasteiger partial charge in [0, 0.05) is 13.0 Å². The van der Waals surface area contributed by atoms with Gasteiger partial charge >= 0.3 is 6.09 Å². The molecule has 0 spiro atoms. The molecule has 2 amide bonds. The van der Waals surface area contributed by atoms with Crippen molar-refractivity contribution in [3.8, 4) is 6.07 Å². The van der Waals surface area contributed by atoms with E-state index in [4.69, 9.17) is 10.00 Å². The van der Waals surface area contributed by atoms with Crippen molar-refractivity contribution in [1.82, 2.24) is 10.6 Å². The zero-order valence-electron chi connectivity index (χ0n) is 17.1. The fourth-order valence-electron chi connectivity index (χ4n) is 2.76. The molecule has 0 aliphatic carbocycles. The molecule has 0 saturated heterocycles. The molecule has 152 valence electrons. The van der Waals surface area contributed by atoms with Crippen LogP contribution in [0.1, 0.15) is 37.5 Å². The third-order valence-electron chi connectivity index (χ3n) is 4.06. The lowest BCUT2D eigenvalue weighted by Crippen LogP contribution is -2.49. The van der Waals surface area contributed by atoms with E-state index in [1.807, 2.05) is 42.5 Å². The van der Waals surface area contributed by atoms with Crippen LogP contribution in [0.4, 0.5) is 4.79 Å². The summed E-state index contributed by atoms with van der Waals surface area (Å²) in [5, 5.41) is 14.5. The Balaban J connectivity index is 1.99. The number of benzene rings is 2. The molecule has 2 N–H and O–H groups in total. The van der Waals surface area contributed by atoms with Gasteiger partial charge in [-0.1, -0.05) is 42.5 Å². The molecule has 0 unspecified atom stereocenters. The summed E-state index contributed by atoms with van der Waals surface area (Å²) in [5.41, 5.74) is 1.83.